The molecule has 17 heavy (non-hydrogen) atoms. The van der Waals surface area contributed by atoms with Crippen LogP contribution in [-0.4, -0.2) is 24.4 Å². The van der Waals surface area contributed by atoms with Crippen molar-refractivity contribution in [3.63, 3.8) is 0 Å². The van der Waals surface area contributed by atoms with Gasteiger partial charge in [0.25, 0.3) is 0 Å². The van der Waals surface area contributed by atoms with E-state index in [0.29, 0.717) is 6.21 Å². The highest BCUT2D eigenvalue weighted by molar-refractivity contribution is 5.81. The van der Waals surface area contributed by atoms with Crippen LogP contribution >= 0.6 is 0 Å². The van der Waals surface area contributed by atoms with Gasteiger partial charge in [0.2, 0.25) is 0 Å². The highest BCUT2D eigenvalue weighted by atomic mass is 19.4. The van der Waals surface area contributed by atoms with Crippen molar-refractivity contribution in [1.82, 2.24) is 0 Å². The van der Waals surface area contributed by atoms with E-state index < -0.39 is 23.7 Å². The van der Waals surface area contributed by atoms with E-state index in [1.807, 2.05) is 0 Å². The number of hydrogen-bond acceptors (Lipinski definition) is 2. The predicted octanol–water partition coefficient (Wildman–Crippen LogP) is 3.50. The van der Waals surface area contributed by atoms with Gasteiger partial charge in [0.15, 0.2) is 0 Å². The minimum absolute atomic E-state index is 0.00789. The third-order valence-corrected chi connectivity index (χ3v) is 1.77. The third-order valence-electron chi connectivity index (χ3n) is 1.77. The predicted molar refractivity (Wildman–Crippen MR) is 52.9 cm³/mol. The van der Waals surface area contributed by atoms with E-state index in [1.54, 1.807) is 6.07 Å². The standard InChI is InChI=1S/C10H11F5N2/c1-3-4-8(6-17-7(2)5-16)9(11,12)10(13,14)15/h4,6-7H,3H2,1-2H3/b8-4+,17-6?. The molecule has 1 atom stereocenters. The fourth-order valence-corrected chi connectivity index (χ4v) is 0.871. The van der Waals surface area contributed by atoms with Gasteiger partial charge >= 0.3 is 12.1 Å². The molecule has 0 aromatic heterocycles. The molecule has 0 heterocycles. The summed E-state index contributed by atoms with van der Waals surface area (Å²) in [6.07, 6.45) is -4.52. The topological polar surface area (TPSA) is 36.1 Å². The van der Waals surface area contributed by atoms with Gasteiger partial charge in [-0.2, -0.15) is 27.2 Å². The van der Waals surface area contributed by atoms with Gasteiger partial charge in [-0.3, -0.25) is 4.99 Å². The summed E-state index contributed by atoms with van der Waals surface area (Å²) in [5.41, 5.74) is -1.24. The number of halogens is 5. The second-order valence-corrected chi connectivity index (χ2v) is 3.22. The van der Waals surface area contributed by atoms with Crippen molar-refractivity contribution in [2.24, 2.45) is 4.99 Å². The van der Waals surface area contributed by atoms with Gasteiger partial charge in [-0.1, -0.05) is 13.0 Å². The lowest BCUT2D eigenvalue weighted by molar-refractivity contribution is -0.261. The molecule has 96 valence electrons. The lowest BCUT2D eigenvalue weighted by Crippen LogP contribution is -2.39. The molecular weight excluding hydrogens is 243 g/mol. The van der Waals surface area contributed by atoms with Gasteiger partial charge in [-0.15, -0.1) is 0 Å². The first-order chi connectivity index (χ1) is 7.66. The summed E-state index contributed by atoms with van der Waals surface area (Å²) >= 11 is 0. The third kappa shape index (κ3) is 4.13. The van der Waals surface area contributed by atoms with Gasteiger partial charge in [-0.25, -0.2) is 0 Å². The van der Waals surface area contributed by atoms with Crippen LogP contribution in [0.3, 0.4) is 0 Å². The first-order valence-electron chi connectivity index (χ1n) is 4.74. The van der Waals surface area contributed by atoms with E-state index in [2.05, 4.69) is 4.99 Å². The molecule has 0 aromatic rings. The Bertz CT molecular complexity index is 349. The van der Waals surface area contributed by atoms with Crippen LogP contribution in [0.1, 0.15) is 20.3 Å². The fraction of sp³-hybridized carbons (Fsp3) is 0.600. The second kappa shape index (κ2) is 5.75. The lowest BCUT2D eigenvalue weighted by Gasteiger charge is -2.20. The Morgan fingerprint density at radius 1 is 1.35 bits per heavy atom. The minimum atomic E-state index is -5.67. The molecule has 1 unspecified atom stereocenters. The Kier molecular flexibility index (Phi) is 5.26. The number of nitriles is 1. The Labute approximate surface area is 95.4 Å². The van der Waals surface area contributed by atoms with Gasteiger partial charge < -0.3 is 0 Å². The van der Waals surface area contributed by atoms with Crippen molar-refractivity contribution >= 4 is 6.21 Å². The van der Waals surface area contributed by atoms with Crippen molar-refractivity contribution in [2.75, 3.05) is 0 Å². The van der Waals surface area contributed by atoms with E-state index in [0.717, 1.165) is 6.08 Å². The highest BCUT2D eigenvalue weighted by Gasteiger charge is 2.59. The Morgan fingerprint density at radius 2 is 1.88 bits per heavy atom. The first-order valence-corrected chi connectivity index (χ1v) is 4.74. The lowest BCUT2D eigenvalue weighted by atomic mass is 10.1. The second-order valence-electron chi connectivity index (χ2n) is 3.22. The van der Waals surface area contributed by atoms with Crippen LogP contribution in [0.2, 0.25) is 0 Å². The van der Waals surface area contributed by atoms with E-state index in [1.165, 1.54) is 13.8 Å². The summed E-state index contributed by atoms with van der Waals surface area (Å²) < 4.78 is 62.2. The van der Waals surface area contributed by atoms with Crippen LogP contribution in [0.4, 0.5) is 22.0 Å². The normalized spacial score (nSPS) is 16.0. The first kappa shape index (κ1) is 15.5. The molecule has 0 spiro atoms. The average Bonchev–Trinajstić information content (AvgIpc) is 2.21. The minimum Gasteiger partial charge on any atom is -0.274 e. The van der Waals surface area contributed by atoms with E-state index in [9.17, 15) is 22.0 Å². The molecule has 0 saturated heterocycles. The number of allylic oxidation sites excluding steroid dienone is 2. The maximum Gasteiger partial charge on any atom is 0.458 e. The Morgan fingerprint density at radius 3 is 2.24 bits per heavy atom. The van der Waals surface area contributed by atoms with Crippen LogP contribution < -0.4 is 0 Å². The molecular formula is C10H11F5N2. The zero-order chi connectivity index (χ0) is 13.7. The molecule has 0 bridgehead atoms. The number of hydrogen-bond donors (Lipinski definition) is 0. The molecule has 0 rings (SSSR count). The zero-order valence-electron chi connectivity index (χ0n) is 9.22. The van der Waals surface area contributed by atoms with E-state index >= 15 is 0 Å². The van der Waals surface area contributed by atoms with Crippen molar-refractivity contribution in [1.29, 1.82) is 5.26 Å². The number of nitrogens with zero attached hydrogens (tertiary/aromatic N) is 2. The molecule has 0 aromatic carbocycles. The molecule has 0 saturated carbocycles. The highest BCUT2D eigenvalue weighted by Crippen LogP contribution is 2.40. The van der Waals surface area contributed by atoms with Crippen molar-refractivity contribution in [3.05, 3.63) is 11.6 Å². The van der Waals surface area contributed by atoms with Crippen LogP contribution in [-0.2, 0) is 0 Å². The van der Waals surface area contributed by atoms with Crippen LogP contribution in [0.15, 0.2) is 16.6 Å². The maximum atomic E-state index is 13.0. The average molecular weight is 254 g/mol. The van der Waals surface area contributed by atoms with Crippen LogP contribution in [0.25, 0.3) is 0 Å². The molecule has 2 nitrogen and oxygen atoms in total. The molecule has 0 amide bonds. The SMILES string of the molecule is CC/C=C(\C=NC(C)C#N)C(F)(F)C(F)(F)F. The molecule has 0 N–H and O–H groups in total. The van der Waals surface area contributed by atoms with Gasteiger partial charge in [0.1, 0.15) is 6.04 Å². The van der Waals surface area contributed by atoms with E-state index in [4.69, 9.17) is 5.26 Å². The molecule has 0 fully saturated rings. The Hall–Kier alpha value is -1.45. The van der Waals surface area contributed by atoms with Crippen molar-refractivity contribution < 1.29 is 22.0 Å². The van der Waals surface area contributed by atoms with Gasteiger partial charge in [0.05, 0.1) is 6.07 Å². The van der Waals surface area contributed by atoms with Crippen LogP contribution in [0.5, 0.6) is 0 Å². The van der Waals surface area contributed by atoms with Crippen LogP contribution in [0, 0.1) is 11.3 Å². The summed E-state index contributed by atoms with van der Waals surface area (Å²) in [5.74, 6) is -4.96. The number of rotatable bonds is 4. The van der Waals surface area contributed by atoms with Crippen molar-refractivity contribution in [3.8, 4) is 6.07 Å². The summed E-state index contributed by atoms with van der Waals surface area (Å²) in [6, 6.07) is 0.628. The zero-order valence-corrected chi connectivity index (χ0v) is 9.22. The van der Waals surface area contributed by atoms with E-state index in [-0.39, 0.29) is 6.42 Å². The monoisotopic (exact) mass is 254 g/mol. The molecule has 0 aliphatic heterocycles. The Balaban J connectivity index is 5.22. The summed E-state index contributed by atoms with van der Waals surface area (Å²) in [4.78, 5) is 3.31. The maximum absolute atomic E-state index is 13.0. The molecule has 0 aliphatic carbocycles. The number of aliphatic imine (C=N–C) groups is 1. The van der Waals surface area contributed by atoms with Crippen molar-refractivity contribution in [2.45, 2.75) is 38.4 Å². The largest absolute Gasteiger partial charge is 0.458 e. The summed E-state index contributed by atoms with van der Waals surface area (Å²) in [7, 11) is 0. The van der Waals surface area contributed by atoms with Gasteiger partial charge in [-0.05, 0) is 13.3 Å². The molecule has 0 aliphatic rings. The molecule has 7 heteroatoms. The van der Waals surface area contributed by atoms with Gasteiger partial charge in [0, 0.05) is 11.8 Å². The summed E-state index contributed by atoms with van der Waals surface area (Å²) in [5, 5.41) is 8.35. The smallest absolute Gasteiger partial charge is 0.274 e. The fourth-order valence-electron chi connectivity index (χ4n) is 0.871. The summed E-state index contributed by atoms with van der Waals surface area (Å²) in [6.45, 7) is 2.71. The molecule has 0 radical (unpaired) electrons. The number of alkyl halides is 5. The quantitative estimate of drug-likeness (QED) is 0.558.